The molecule has 0 bridgehead atoms. The zero-order chi connectivity index (χ0) is 12.8. The molecule has 0 atom stereocenters. The summed E-state index contributed by atoms with van der Waals surface area (Å²) in [7, 11) is 0. The molecule has 0 radical (unpaired) electrons. The Labute approximate surface area is 107 Å². The van der Waals surface area contributed by atoms with Crippen molar-refractivity contribution in [1.82, 2.24) is 0 Å². The van der Waals surface area contributed by atoms with Gasteiger partial charge in [-0.15, -0.1) is 0 Å². The number of aromatic carboxylic acids is 1. The highest BCUT2D eigenvalue weighted by atomic mass is 35.5. The summed E-state index contributed by atoms with van der Waals surface area (Å²) in [6.07, 6.45) is 2.12. The lowest BCUT2D eigenvalue weighted by atomic mass is 10.1. The van der Waals surface area contributed by atoms with Crippen molar-refractivity contribution in [3.05, 3.63) is 28.8 Å². The fraction of sp³-hybridized carbons (Fsp3) is 0.462. The third kappa shape index (κ3) is 3.63. The quantitative estimate of drug-likeness (QED) is 0.843. The molecule has 1 N–H and O–H groups in total. The molecule has 0 unspecified atom stereocenters. The first-order chi connectivity index (χ1) is 8.10. The number of benzene rings is 1. The highest BCUT2D eigenvalue weighted by Crippen LogP contribution is 2.25. The predicted molar refractivity (Wildman–Crippen MR) is 71.2 cm³/mol. The fourth-order valence-corrected chi connectivity index (χ4v) is 1.91. The van der Waals surface area contributed by atoms with Crippen LogP contribution < -0.4 is 4.90 Å². The van der Waals surface area contributed by atoms with Gasteiger partial charge in [-0.3, -0.25) is 0 Å². The molecule has 1 rings (SSSR count). The first kappa shape index (κ1) is 13.8. The van der Waals surface area contributed by atoms with E-state index >= 15 is 0 Å². The lowest BCUT2D eigenvalue weighted by molar-refractivity contribution is 0.0697. The number of carbonyl (C=O) groups is 1. The summed E-state index contributed by atoms with van der Waals surface area (Å²) >= 11 is 5.94. The van der Waals surface area contributed by atoms with E-state index in [4.69, 9.17) is 16.7 Å². The van der Waals surface area contributed by atoms with Crippen molar-refractivity contribution in [2.75, 3.05) is 18.0 Å². The third-order valence-corrected chi connectivity index (χ3v) is 2.93. The van der Waals surface area contributed by atoms with E-state index in [9.17, 15) is 4.79 Å². The van der Waals surface area contributed by atoms with Gasteiger partial charge in [0.2, 0.25) is 0 Å². The number of halogens is 1. The molecule has 0 aliphatic carbocycles. The van der Waals surface area contributed by atoms with Crippen molar-refractivity contribution in [2.24, 2.45) is 0 Å². The van der Waals surface area contributed by atoms with Crippen LogP contribution in [-0.4, -0.2) is 24.2 Å². The van der Waals surface area contributed by atoms with Crippen LogP contribution in [-0.2, 0) is 0 Å². The van der Waals surface area contributed by atoms with Gasteiger partial charge in [0.15, 0.2) is 0 Å². The molecular weight excluding hydrogens is 238 g/mol. The Bertz CT molecular complexity index is 393. The Morgan fingerprint density at radius 3 is 2.65 bits per heavy atom. The number of rotatable bonds is 6. The first-order valence-corrected chi connectivity index (χ1v) is 6.25. The van der Waals surface area contributed by atoms with E-state index in [-0.39, 0.29) is 0 Å². The summed E-state index contributed by atoms with van der Waals surface area (Å²) in [6.45, 7) is 5.76. The van der Waals surface area contributed by atoms with Gasteiger partial charge in [-0.1, -0.05) is 24.9 Å². The summed E-state index contributed by atoms with van der Waals surface area (Å²) in [5, 5.41) is 9.73. The number of carboxylic acids is 1. The van der Waals surface area contributed by atoms with E-state index in [1.807, 2.05) is 6.92 Å². The van der Waals surface area contributed by atoms with Crippen LogP contribution >= 0.6 is 11.6 Å². The maximum absolute atomic E-state index is 11.2. The molecule has 0 fully saturated rings. The lowest BCUT2D eigenvalue weighted by Gasteiger charge is -2.24. The van der Waals surface area contributed by atoms with Crippen molar-refractivity contribution in [3.8, 4) is 0 Å². The van der Waals surface area contributed by atoms with E-state index in [1.165, 1.54) is 0 Å². The molecule has 0 saturated heterocycles. The Morgan fingerprint density at radius 2 is 2.12 bits per heavy atom. The van der Waals surface area contributed by atoms with Crippen LogP contribution in [0.25, 0.3) is 0 Å². The van der Waals surface area contributed by atoms with E-state index in [2.05, 4.69) is 11.8 Å². The second-order valence-electron chi connectivity index (χ2n) is 3.90. The summed E-state index contributed by atoms with van der Waals surface area (Å²) in [5.41, 5.74) is 1.02. The van der Waals surface area contributed by atoms with Crippen LogP contribution in [0.3, 0.4) is 0 Å². The number of hydrogen-bond donors (Lipinski definition) is 1. The molecule has 1 aromatic rings. The molecule has 4 heteroatoms. The smallest absolute Gasteiger partial charge is 0.337 e. The second-order valence-corrected chi connectivity index (χ2v) is 4.34. The number of hydrogen-bond acceptors (Lipinski definition) is 2. The Balaban J connectivity index is 3.06. The molecule has 0 amide bonds. The van der Waals surface area contributed by atoms with E-state index in [0.29, 0.717) is 16.3 Å². The number of carboxylic acid groups (broad SMARTS) is 1. The highest BCUT2D eigenvalue weighted by Gasteiger charge is 2.15. The van der Waals surface area contributed by atoms with Gasteiger partial charge in [0.1, 0.15) is 0 Å². The average Bonchev–Trinajstić information content (AvgIpc) is 2.29. The van der Waals surface area contributed by atoms with Crippen LogP contribution in [0.2, 0.25) is 5.02 Å². The van der Waals surface area contributed by atoms with Crippen molar-refractivity contribution in [1.29, 1.82) is 0 Å². The normalized spacial score (nSPS) is 10.3. The molecule has 0 aliphatic rings. The molecular formula is C13H18ClNO2. The predicted octanol–water partition coefficient (Wildman–Crippen LogP) is 3.66. The summed E-state index contributed by atoms with van der Waals surface area (Å²) in [5.74, 6) is -0.911. The van der Waals surface area contributed by atoms with Gasteiger partial charge in [-0.05, 0) is 31.5 Å². The van der Waals surface area contributed by atoms with Gasteiger partial charge in [0.05, 0.1) is 11.3 Å². The zero-order valence-electron chi connectivity index (χ0n) is 10.2. The lowest BCUT2D eigenvalue weighted by Crippen LogP contribution is -2.25. The van der Waals surface area contributed by atoms with Crippen molar-refractivity contribution < 1.29 is 9.90 Å². The van der Waals surface area contributed by atoms with Gasteiger partial charge >= 0.3 is 5.97 Å². The summed E-state index contributed by atoms with van der Waals surface area (Å²) in [6, 6.07) is 4.90. The summed E-state index contributed by atoms with van der Waals surface area (Å²) in [4.78, 5) is 13.2. The van der Waals surface area contributed by atoms with Gasteiger partial charge in [-0.25, -0.2) is 4.79 Å². The molecule has 0 aromatic heterocycles. The standard InChI is InChI=1S/C13H18ClNO2/c1-3-5-8-15(4-2)12-9-10(14)6-7-11(12)13(16)17/h6-7,9H,3-5,8H2,1-2H3,(H,16,17). The largest absolute Gasteiger partial charge is 0.478 e. The molecule has 3 nitrogen and oxygen atoms in total. The monoisotopic (exact) mass is 255 g/mol. The van der Waals surface area contributed by atoms with Gasteiger partial charge < -0.3 is 10.0 Å². The Morgan fingerprint density at radius 1 is 1.41 bits per heavy atom. The minimum absolute atomic E-state index is 0.312. The van der Waals surface area contributed by atoms with Crippen LogP contribution in [0.15, 0.2) is 18.2 Å². The number of unbranched alkanes of at least 4 members (excludes halogenated alkanes) is 1. The molecule has 94 valence electrons. The van der Waals surface area contributed by atoms with Crippen molar-refractivity contribution in [2.45, 2.75) is 26.7 Å². The minimum atomic E-state index is -0.911. The zero-order valence-corrected chi connectivity index (χ0v) is 11.0. The second kappa shape index (κ2) is 6.50. The van der Waals surface area contributed by atoms with Crippen molar-refractivity contribution >= 4 is 23.3 Å². The number of nitrogens with zero attached hydrogens (tertiary/aromatic N) is 1. The topological polar surface area (TPSA) is 40.5 Å². The molecule has 0 spiro atoms. The third-order valence-electron chi connectivity index (χ3n) is 2.69. The van der Waals surface area contributed by atoms with Crippen LogP contribution in [0, 0.1) is 0 Å². The molecule has 17 heavy (non-hydrogen) atoms. The first-order valence-electron chi connectivity index (χ1n) is 5.88. The molecule has 0 heterocycles. The van der Waals surface area contributed by atoms with Gasteiger partial charge in [-0.2, -0.15) is 0 Å². The average molecular weight is 256 g/mol. The maximum Gasteiger partial charge on any atom is 0.337 e. The SMILES string of the molecule is CCCCN(CC)c1cc(Cl)ccc1C(=O)O. The van der Waals surface area contributed by atoms with Gasteiger partial charge in [0.25, 0.3) is 0 Å². The van der Waals surface area contributed by atoms with Crippen LogP contribution in [0.1, 0.15) is 37.0 Å². The van der Waals surface area contributed by atoms with Crippen LogP contribution in [0.5, 0.6) is 0 Å². The van der Waals surface area contributed by atoms with Crippen LogP contribution in [0.4, 0.5) is 5.69 Å². The van der Waals surface area contributed by atoms with E-state index in [0.717, 1.165) is 25.9 Å². The van der Waals surface area contributed by atoms with Gasteiger partial charge in [0, 0.05) is 18.1 Å². The molecule has 0 saturated carbocycles. The minimum Gasteiger partial charge on any atom is -0.478 e. The molecule has 1 aromatic carbocycles. The van der Waals surface area contributed by atoms with E-state index in [1.54, 1.807) is 18.2 Å². The maximum atomic E-state index is 11.2. The fourth-order valence-electron chi connectivity index (χ4n) is 1.75. The van der Waals surface area contributed by atoms with Crippen molar-refractivity contribution in [3.63, 3.8) is 0 Å². The molecule has 0 aliphatic heterocycles. The Kier molecular flexibility index (Phi) is 5.29. The van der Waals surface area contributed by atoms with E-state index < -0.39 is 5.97 Å². The number of anilines is 1. The highest BCUT2D eigenvalue weighted by molar-refractivity contribution is 6.31. The summed E-state index contributed by atoms with van der Waals surface area (Å²) < 4.78 is 0. The Hall–Kier alpha value is -1.22.